The maximum Gasteiger partial charge on any atom is 0.261 e. The Labute approximate surface area is 137 Å². The Hall–Kier alpha value is -2.16. The molecule has 0 saturated carbocycles. The molecule has 1 heterocycles. The molecule has 23 heavy (non-hydrogen) atoms. The first-order valence-corrected chi connectivity index (χ1v) is 8.41. The van der Waals surface area contributed by atoms with E-state index in [9.17, 15) is 9.59 Å². The first kappa shape index (κ1) is 15.7. The van der Waals surface area contributed by atoms with Crippen molar-refractivity contribution in [3.8, 4) is 11.3 Å². The first-order valence-electron chi connectivity index (χ1n) is 8.41. The van der Waals surface area contributed by atoms with Gasteiger partial charge in [-0.1, -0.05) is 26.0 Å². The number of rotatable bonds is 4. The van der Waals surface area contributed by atoms with Crippen molar-refractivity contribution in [2.24, 2.45) is 5.92 Å². The smallest absolute Gasteiger partial charge is 0.261 e. The van der Waals surface area contributed by atoms with Crippen LogP contribution in [0.3, 0.4) is 0 Å². The molecule has 0 spiro atoms. The standard InChI is InChI=1S/C20H23NO2/c1-14(2)12-21-19(10-9-18(13-22)20(21)23)17-8-7-15-5-3-4-6-16(15)11-17/h7-11,13-14H,3-6,12H2,1-2H3. The summed E-state index contributed by atoms with van der Waals surface area (Å²) in [7, 11) is 0. The number of carbonyl (C=O) groups excluding carboxylic acids is 1. The number of aromatic nitrogens is 1. The van der Waals surface area contributed by atoms with Gasteiger partial charge >= 0.3 is 0 Å². The zero-order chi connectivity index (χ0) is 16.4. The van der Waals surface area contributed by atoms with Crippen LogP contribution in [0, 0.1) is 5.92 Å². The van der Waals surface area contributed by atoms with Crippen LogP contribution < -0.4 is 5.56 Å². The largest absolute Gasteiger partial charge is 0.307 e. The number of nitrogens with zero attached hydrogens (tertiary/aromatic N) is 1. The van der Waals surface area contributed by atoms with Crippen molar-refractivity contribution in [1.82, 2.24) is 4.57 Å². The van der Waals surface area contributed by atoms with Gasteiger partial charge in [-0.25, -0.2) is 0 Å². The van der Waals surface area contributed by atoms with Crippen LogP contribution in [0.15, 0.2) is 35.1 Å². The van der Waals surface area contributed by atoms with Gasteiger partial charge in [0.25, 0.3) is 5.56 Å². The van der Waals surface area contributed by atoms with E-state index in [0.717, 1.165) is 24.1 Å². The number of benzene rings is 1. The molecule has 0 unspecified atom stereocenters. The number of pyridine rings is 1. The Morgan fingerprint density at radius 1 is 1.09 bits per heavy atom. The zero-order valence-electron chi connectivity index (χ0n) is 13.8. The van der Waals surface area contributed by atoms with Gasteiger partial charge in [0.05, 0.1) is 11.3 Å². The van der Waals surface area contributed by atoms with Crippen LogP contribution in [-0.4, -0.2) is 10.9 Å². The summed E-state index contributed by atoms with van der Waals surface area (Å²) in [6.45, 7) is 4.78. The summed E-state index contributed by atoms with van der Waals surface area (Å²) >= 11 is 0. The number of hydrogen-bond acceptors (Lipinski definition) is 2. The van der Waals surface area contributed by atoms with Gasteiger partial charge in [0, 0.05) is 6.54 Å². The molecule has 3 rings (SSSR count). The highest BCUT2D eigenvalue weighted by atomic mass is 16.1. The van der Waals surface area contributed by atoms with Gasteiger partial charge in [-0.05, 0) is 66.5 Å². The van der Waals surface area contributed by atoms with Crippen LogP contribution in [0.1, 0.15) is 48.2 Å². The van der Waals surface area contributed by atoms with E-state index >= 15 is 0 Å². The second-order valence-electron chi connectivity index (χ2n) is 6.79. The molecule has 1 aliphatic carbocycles. The summed E-state index contributed by atoms with van der Waals surface area (Å²) in [6, 6.07) is 10.1. The fourth-order valence-corrected chi connectivity index (χ4v) is 3.38. The fourth-order valence-electron chi connectivity index (χ4n) is 3.38. The zero-order valence-corrected chi connectivity index (χ0v) is 13.8. The Kier molecular flexibility index (Phi) is 4.46. The molecule has 0 saturated heterocycles. The molecule has 1 aromatic carbocycles. The van der Waals surface area contributed by atoms with Crippen molar-refractivity contribution >= 4 is 6.29 Å². The number of carbonyl (C=O) groups is 1. The van der Waals surface area contributed by atoms with Gasteiger partial charge < -0.3 is 4.57 Å². The first-order chi connectivity index (χ1) is 11.1. The molecule has 0 N–H and O–H groups in total. The minimum atomic E-state index is -0.191. The summed E-state index contributed by atoms with van der Waals surface area (Å²) in [6.07, 6.45) is 5.41. The highest BCUT2D eigenvalue weighted by Crippen LogP contribution is 2.27. The van der Waals surface area contributed by atoms with Crippen LogP contribution in [0.2, 0.25) is 0 Å². The van der Waals surface area contributed by atoms with Gasteiger partial charge in [0.15, 0.2) is 6.29 Å². The van der Waals surface area contributed by atoms with E-state index in [2.05, 4.69) is 32.0 Å². The summed E-state index contributed by atoms with van der Waals surface area (Å²) in [5, 5.41) is 0. The summed E-state index contributed by atoms with van der Waals surface area (Å²) in [5.41, 5.74) is 4.85. The highest BCUT2D eigenvalue weighted by molar-refractivity contribution is 5.75. The van der Waals surface area contributed by atoms with E-state index < -0.39 is 0 Å². The van der Waals surface area contributed by atoms with Crippen LogP contribution in [0.25, 0.3) is 11.3 Å². The van der Waals surface area contributed by atoms with Crippen molar-refractivity contribution in [2.45, 2.75) is 46.1 Å². The van der Waals surface area contributed by atoms with Gasteiger partial charge in [0.1, 0.15) is 0 Å². The quantitative estimate of drug-likeness (QED) is 0.804. The Bertz CT molecular complexity index is 787. The fraction of sp³-hybridized carbons (Fsp3) is 0.400. The summed E-state index contributed by atoms with van der Waals surface area (Å²) < 4.78 is 1.75. The maximum atomic E-state index is 12.6. The second kappa shape index (κ2) is 6.53. The van der Waals surface area contributed by atoms with Crippen molar-refractivity contribution in [3.63, 3.8) is 0 Å². The van der Waals surface area contributed by atoms with E-state index in [0.29, 0.717) is 18.7 Å². The molecule has 0 radical (unpaired) electrons. The lowest BCUT2D eigenvalue weighted by molar-refractivity contribution is 0.112. The van der Waals surface area contributed by atoms with Crippen molar-refractivity contribution in [3.05, 3.63) is 57.4 Å². The van der Waals surface area contributed by atoms with E-state index in [1.807, 2.05) is 6.07 Å². The minimum Gasteiger partial charge on any atom is -0.307 e. The van der Waals surface area contributed by atoms with Crippen molar-refractivity contribution in [1.29, 1.82) is 0 Å². The molecule has 1 aromatic heterocycles. The van der Waals surface area contributed by atoms with Crippen LogP contribution in [-0.2, 0) is 19.4 Å². The molecule has 120 valence electrons. The molecule has 3 heteroatoms. The third-order valence-corrected chi connectivity index (χ3v) is 4.52. The average molecular weight is 309 g/mol. The van der Waals surface area contributed by atoms with E-state index in [-0.39, 0.29) is 11.1 Å². The van der Waals surface area contributed by atoms with Gasteiger partial charge in [0.2, 0.25) is 0 Å². The summed E-state index contributed by atoms with van der Waals surface area (Å²) in [4.78, 5) is 23.6. The van der Waals surface area contributed by atoms with Crippen molar-refractivity contribution in [2.75, 3.05) is 0 Å². The number of hydrogen-bond donors (Lipinski definition) is 0. The lowest BCUT2D eigenvalue weighted by Crippen LogP contribution is -2.26. The third-order valence-electron chi connectivity index (χ3n) is 4.52. The highest BCUT2D eigenvalue weighted by Gasteiger charge is 2.14. The molecule has 0 aliphatic heterocycles. The van der Waals surface area contributed by atoms with Crippen LogP contribution in [0.5, 0.6) is 0 Å². The predicted octanol–water partition coefficient (Wildman–Crippen LogP) is 3.86. The molecule has 2 aromatic rings. The topological polar surface area (TPSA) is 39.1 Å². The van der Waals surface area contributed by atoms with Gasteiger partial charge in [-0.3, -0.25) is 9.59 Å². The summed E-state index contributed by atoms with van der Waals surface area (Å²) in [5.74, 6) is 0.339. The molecular formula is C20H23NO2. The van der Waals surface area contributed by atoms with Crippen LogP contribution in [0.4, 0.5) is 0 Å². The molecule has 0 bridgehead atoms. The Morgan fingerprint density at radius 2 is 1.83 bits per heavy atom. The molecule has 0 fully saturated rings. The van der Waals surface area contributed by atoms with Gasteiger partial charge in [-0.2, -0.15) is 0 Å². The lowest BCUT2D eigenvalue weighted by Gasteiger charge is -2.19. The molecule has 0 atom stereocenters. The molecule has 1 aliphatic rings. The lowest BCUT2D eigenvalue weighted by atomic mass is 9.90. The average Bonchev–Trinajstić information content (AvgIpc) is 2.56. The SMILES string of the molecule is CC(C)Cn1c(-c2ccc3c(c2)CCCC3)ccc(C=O)c1=O. The van der Waals surface area contributed by atoms with E-state index in [1.54, 1.807) is 10.6 Å². The normalized spacial score (nSPS) is 13.9. The predicted molar refractivity (Wildman–Crippen MR) is 93.0 cm³/mol. The number of aldehydes is 1. The van der Waals surface area contributed by atoms with E-state index in [1.165, 1.54) is 24.0 Å². The molecule has 3 nitrogen and oxygen atoms in total. The maximum absolute atomic E-state index is 12.6. The van der Waals surface area contributed by atoms with Gasteiger partial charge in [-0.15, -0.1) is 0 Å². The Morgan fingerprint density at radius 3 is 2.52 bits per heavy atom. The molecule has 0 amide bonds. The monoisotopic (exact) mass is 309 g/mol. The third kappa shape index (κ3) is 3.14. The minimum absolute atomic E-state index is 0.191. The van der Waals surface area contributed by atoms with E-state index in [4.69, 9.17) is 0 Å². The Balaban J connectivity index is 2.13. The molecular weight excluding hydrogens is 286 g/mol. The second-order valence-corrected chi connectivity index (χ2v) is 6.79. The van der Waals surface area contributed by atoms with Crippen molar-refractivity contribution < 1.29 is 4.79 Å². The van der Waals surface area contributed by atoms with Crippen LogP contribution >= 0.6 is 0 Å². The number of aryl methyl sites for hydroxylation is 2. The number of fused-ring (bicyclic) bond motifs is 1.